The van der Waals surface area contributed by atoms with Gasteiger partial charge in [0.25, 0.3) is 0 Å². The van der Waals surface area contributed by atoms with Crippen molar-refractivity contribution in [3.63, 3.8) is 0 Å². The van der Waals surface area contributed by atoms with Gasteiger partial charge in [0.05, 0.1) is 19.8 Å². The van der Waals surface area contributed by atoms with E-state index in [2.05, 4.69) is 47.4 Å². The van der Waals surface area contributed by atoms with E-state index in [1.54, 1.807) is 0 Å². The van der Waals surface area contributed by atoms with Crippen LogP contribution in [0.15, 0.2) is 60.7 Å². The molecule has 2 aliphatic carbocycles. The Kier molecular flexibility index (Phi) is 10.9. The second kappa shape index (κ2) is 15.2. The topological polar surface area (TPSA) is 65.1 Å². The number of carbonyl (C=O) groups excluding carboxylic acids is 2. The molecule has 6 nitrogen and oxygen atoms in total. The minimum Gasteiger partial charge on any atom is -0.489 e. The molecule has 228 valence electrons. The van der Waals surface area contributed by atoms with Gasteiger partial charge >= 0.3 is 11.9 Å². The first-order valence-electron chi connectivity index (χ1n) is 15.9. The molecule has 0 N–H and O–H groups in total. The maximum absolute atomic E-state index is 12.2. The van der Waals surface area contributed by atoms with Crippen LogP contribution in [0, 0.1) is 0 Å². The van der Waals surface area contributed by atoms with Crippen LogP contribution in [0.3, 0.4) is 0 Å². The molecule has 0 spiro atoms. The van der Waals surface area contributed by atoms with E-state index >= 15 is 0 Å². The van der Waals surface area contributed by atoms with Gasteiger partial charge in [-0.25, -0.2) is 4.79 Å². The van der Waals surface area contributed by atoms with E-state index < -0.39 is 0 Å². The van der Waals surface area contributed by atoms with Crippen LogP contribution in [0.4, 0.5) is 0 Å². The van der Waals surface area contributed by atoms with E-state index in [0.717, 1.165) is 57.4 Å². The molecule has 3 aromatic carbocycles. The van der Waals surface area contributed by atoms with Crippen molar-refractivity contribution in [3.05, 3.63) is 99.6 Å². The van der Waals surface area contributed by atoms with Crippen molar-refractivity contribution < 1.29 is 23.8 Å². The van der Waals surface area contributed by atoms with Gasteiger partial charge in [-0.3, -0.25) is 9.69 Å². The predicted octanol–water partition coefficient (Wildman–Crippen LogP) is 7.20. The zero-order valence-corrected chi connectivity index (χ0v) is 25.7. The Labute approximate surface area is 256 Å². The first-order chi connectivity index (χ1) is 21.1. The van der Waals surface area contributed by atoms with Crippen LogP contribution >= 0.6 is 0 Å². The normalized spacial score (nSPS) is 15.8. The molecule has 6 heteroatoms. The monoisotopic (exact) mass is 583 g/mol. The average Bonchev–Trinajstić information content (AvgIpc) is 3.06. The van der Waals surface area contributed by atoms with Crippen molar-refractivity contribution in [1.29, 1.82) is 0 Å². The number of para-hydroxylation sites is 1. The van der Waals surface area contributed by atoms with E-state index in [0.29, 0.717) is 18.6 Å². The highest BCUT2D eigenvalue weighted by atomic mass is 16.5. The van der Waals surface area contributed by atoms with Gasteiger partial charge in [-0.1, -0.05) is 42.5 Å². The number of unbranched alkanes of at least 4 members (excludes halogenated alkanes) is 1. The molecule has 3 aromatic rings. The predicted molar refractivity (Wildman–Crippen MR) is 168 cm³/mol. The number of benzene rings is 3. The van der Waals surface area contributed by atoms with Crippen LogP contribution in [-0.2, 0) is 46.6 Å². The van der Waals surface area contributed by atoms with Crippen LogP contribution in [-0.4, -0.2) is 44.1 Å². The van der Waals surface area contributed by atoms with Crippen LogP contribution in [0.25, 0.3) is 0 Å². The molecule has 1 unspecified atom stereocenters. The molecule has 5 rings (SSSR count). The molecule has 0 amide bonds. The summed E-state index contributed by atoms with van der Waals surface area (Å²) < 4.78 is 16.2. The van der Waals surface area contributed by atoms with Crippen molar-refractivity contribution in [2.75, 3.05) is 27.3 Å². The van der Waals surface area contributed by atoms with Gasteiger partial charge in [-0.2, -0.15) is 0 Å². The zero-order valence-electron chi connectivity index (χ0n) is 25.7. The molecule has 0 aliphatic heterocycles. The molecule has 1 atom stereocenters. The number of hydrogen-bond acceptors (Lipinski definition) is 6. The summed E-state index contributed by atoms with van der Waals surface area (Å²) in [7, 11) is 2.87. The summed E-state index contributed by atoms with van der Waals surface area (Å²) in [5, 5.41) is 0. The highest BCUT2D eigenvalue weighted by Gasteiger charge is 2.27. The molecule has 0 heterocycles. The minimum absolute atomic E-state index is 0.157. The lowest BCUT2D eigenvalue weighted by molar-refractivity contribution is -0.140. The number of esters is 2. The van der Waals surface area contributed by atoms with E-state index in [1.807, 2.05) is 18.2 Å². The molecule has 0 saturated carbocycles. The Morgan fingerprint density at radius 2 is 1.63 bits per heavy atom. The molecule has 2 aliphatic rings. The van der Waals surface area contributed by atoms with Gasteiger partial charge in [0, 0.05) is 19.0 Å². The molecule has 0 aromatic heterocycles. The van der Waals surface area contributed by atoms with Gasteiger partial charge < -0.3 is 14.2 Å². The van der Waals surface area contributed by atoms with E-state index in [-0.39, 0.29) is 18.0 Å². The fourth-order valence-electron chi connectivity index (χ4n) is 6.68. The molecular weight excluding hydrogens is 538 g/mol. The molecule has 43 heavy (non-hydrogen) atoms. The molecule has 0 fully saturated rings. The molecular formula is C37H45NO5. The Morgan fingerprint density at radius 3 is 2.47 bits per heavy atom. The Hall–Kier alpha value is -3.64. The second-order valence-electron chi connectivity index (χ2n) is 11.8. The summed E-state index contributed by atoms with van der Waals surface area (Å²) in [6, 6.07) is 21.5. The van der Waals surface area contributed by atoms with E-state index in [1.165, 1.54) is 73.3 Å². The number of aryl methyl sites for hydroxylation is 3. The van der Waals surface area contributed by atoms with Crippen molar-refractivity contribution in [2.24, 2.45) is 0 Å². The summed E-state index contributed by atoms with van der Waals surface area (Å²) in [6.45, 7) is 2.33. The third kappa shape index (κ3) is 8.05. The Morgan fingerprint density at radius 1 is 0.814 bits per heavy atom. The zero-order chi connectivity index (χ0) is 30.0. The van der Waals surface area contributed by atoms with Gasteiger partial charge in [0.1, 0.15) is 12.4 Å². The lowest BCUT2D eigenvalue weighted by Crippen LogP contribution is -2.34. The summed E-state index contributed by atoms with van der Waals surface area (Å²) in [5.74, 6) is 0.490. The number of fused-ring (bicyclic) bond motifs is 2. The number of nitrogens with zero attached hydrogens (tertiary/aromatic N) is 1. The third-order valence-corrected chi connectivity index (χ3v) is 9.04. The lowest BCUT2D eigenvalue weighted by Gasteiger charge is -2.36. The van der Waals surface area contributed by atoms with Gasteiger partial charge in [-0.05, 0) is 122 Å². The van der Waals surface area contributed by atoms with Crippen molar-refractivity contribution in [3.8, 4) is 5.75 Å². The molecule has 0 radical (unpaired) electrons. The SMILES string of the molecule is COC(=O)CCCCN(CCc1ccccc1OCc1ccc2c(c1)CCCC2)C1CCCc2cc(C(=O)OC)ccc21. The van der Waals surface area contributed by atoms with Crippen LogP contribution in [0.5, 0.6) is 5.75 Å². The first-order valence-corrected chi connectivity index (χ1v) is 15.9. The fraction of sp³-hybridized carbons (Fsp3) is 0.459. The van der Waals surface area contributed by atoms with Crippen molar-refractivity contribution >= 4 is 11.9 Å². The average molecular weight is 584 g/mol. The molecule has 0 saturated heterocycles. The van der Waals surface area contributed by atoms with Gasteiger partial charge in [0.15, 0.2) is 0 Å². The standard InChI is InChI=1S/C37H45NO5/c1-41-36(39)16-7-8-22-38(34-14-9-13-31-25-32(37(40)42-2)19-20-33(31)34)23-21-29-11-5-6-15-35(29)43-26-27-17-18-28-10-3-4-12-30(28)24-27/h5-6,11,15,17-20,24-25,34H,3-4,7-10,12-14,16,21-23,26H2,1-2H3. The lowest BCUT2D eigenvalue weighted by atomic mass is 9.85. The van der Waals surface area contributed by atoms with Crippen molar-refractivity contribution in [2.45, 2.75) is 83.3 Å². The number of ether oxygens (including phenoxy) is 3. The summed E-state index contributed by atoms with van der Waals surface area (Å²) in [6.07, 6.45) is 11.0. The highest BCUT2D eigenvalue weighted by Crippen LogP contribution is 2.36. The Bertz CT molecular complexity index is 1400. The van der Waals surface area contributed by atoms with Crippen LogP contribution < -0.4 is 4.74 Å². The van der Waals surface area contributed by atoms with E-state index in [4.69, 9.17) is 14.2 Å². The van der Waals surface area contributed by atoms with Crippen LogP contribution in [0.2, 0.25) is 0 Å². The summed E-state index contributed by atoms with van der Waals surface area (Å²) in [5.41, 5.74) is 8.54. The molecule has 0 bridgehead atoms. The van der Waals surface area contributed by atoms with Gasteiger partial charge in [-0.15, -0.1) is 0 Å². The van der Waals surface area contributed by atoms with Crippen molar-refractivity contribution in [1.82, 2.24) is 4.90 Å². The summed E-state index contributed by atoms with van der Waals surface area (Å²) in [4.78, 5) is 26.5. The minimum atomic E-state index is -0.295. The summed E-state index contributed by atoms with van der Waals surface area (Å²) >= 11 is 0. The largest absolute Gasteiger partial charge is 0.489 e. The quantitative estimate of drug-likeness (QED) is 0.157. The van der Waals surface area contributed by atoms with Crippen LogP contribution in [0.1, 0.15) is 94.7 Å². The number of methoxy groups -OCH3 is 2. The fourth-order valence-corrected chi connectivity index (χ4v) is 6.68. The third-order valence-electron chi connectivity index (χ3n) is 9.04. The Balaban J connectivity index is 1.29. The van der Waals surface area contributed by atoms with Gasteiger partial charge in [0.2, 0.25) is 0 Å². The highest BCUT2D eigenvalue weighted by molar-refractivity contribution is 5.89. The number of hydrogen-bond donors (Lipinski definition) is 0. The number of carbonyl (C=O) groups is 2. The second-order valence-corrected chi connectivity index (χ2v) is 11.8. The maximum atomic E-state index is 12.2. The smallest absolute Gasteiger partial charge is 0.337 e. The first kappa shape index (κ1) is 30.8. The maximum Gasteiger partial charge on any atom is 0.337 e. The van der Waals surface area contributed by atoms with E-state index in [9.17, 15) is 9.59 Å². The number of rotatable bonds is 13.